The largest absolute Gasteiger partial charge is 0.345 e. The Bertz CT molecular complexity index is 136. The third-order valence-electron chi connectivity index (χ3n) is 2.73. The molecule has 0 spiro atoms. The van der Waals surface area contributed by atoms with Crippen molar-refractivity contribution in [3.63, 3.8) is 0 Å². The molecule has 15 heavy (non-hydrogen) atoms. The van der Waals surface area contributed by atoms with Gasteiger partial charge in [0.2, 0.25) is 5.12 Å². The number of ether oxygens (including phenoxy) is 2. The molecule has 0 aliphatic rings. The molecule has 3 heteroatoms. The molecule has 0 aromatic heterocycles. The number of methoxy groups -OCH3 is 2. The van der Waals surface area contributed by atoms with E-state index in [1.165, 1.54) is 38.5 Å². The van der Waals surface area contributed by atoms with Crippen LogP contribution in [0.25, 0.3) is 0 Å². The van der Waals surface area contributed by atoms with Crippen LogP contribution in [0.1, 0.15) is 58.3 Å². The minimum Gasteiger partial charge on any atom is -0.345 e. The fourth-order valence-corrected chi connectivity index (χ4v) is 1.75. The number of thiol groups is 1. The summed E-state index contributed by atoms with van der Waals surface area (Å²) in [5, 5.41) is -0.677. The molecule has 0 saturated carbocycles. The highest BCUT2D eigenvalue weighted by molar-refractivity contribution is 7.81. The molecule has 0 heterocycles. The molecule has 0 bridgehead atoms. The molecule has 0 amide bonds. The van der Waals surface area contributed by atoms with Crippen molar-refractivity contribution in [2.24, 2.45) is 0 Å². The molecule has 0 aliphatic carbocycles. The Hall–Kier alpha value is 0.270. The Morgan fingerprint density at radius 1 is 0.867 bits per heavy atom. The molecule has 0 rings (SSSR count). The van der Waals surface area contributed by atoms with E-state index in [0.29, 0.717) is 0 Å². The van der Waals surface area contributed by atoms with E-state index in [4.69, 9.17) is 9.47 Å². The van der Waals surface area contributed by atoms with Crippen molar-refractivity contribution in [2.45, 2.75) is 63.4 Å². The standard InChI is InChI=1S/C12H26O2S/c1-4-5-6-7-8-9-10-11-12(15,13-2)14-3/h15H,4-11H2,1-3H3. The van der Waals surface area contributed by atoms with Gasteiger partial charge in [-0.15, -0.1) is 12.6 Å². The third-order valence-corrected chi connectivity index (χ3v) is 3.32. The molecule has 0 unspecified atom stereocenters. The second-order valence-corrected chi connectivity index (χ2v) is 4.67. The molecule has 0 N–H and O–H groups in total. The van der Waals surface area contributed by atoms with Gasteiger partial charge in [-0.3, -0.25) is 0 Å². The van der Waals surface area contributed by atoms with Crippen LogP contribution in [0.5, 0.6) is 0 Å². The van der Waals surface area contributed by atoms with Crippen molar-refractivity contribution in [2.75, 3.05) is 14.2 Å². The van der Waals surface area contributed by atoms with Crippen molar-refractivity contribution in [3.05, 3.63) is 0 Å². The zero-order valence-corrected chi connectivity index (χ0v) is 11.3. The van der Waals surface area contributed by atoms with E-state index in [1.54, 1.807) is 14.2 Å². The van der Waals surface area contributed by atoms with Crippen molar-refractivity contribution in [1.82, 2.24) is 0 Å². The van der Waals surface area contributed by atoms with E-state index in [0.717, 1.165) is 12.8 Å². The highest BCUT2D eigenvalue weighted by Gasteiger charge is 2.22. The summed E-state index contributed by atoms with van der Waals surface area (Å²) >= 11 is 4.33. The van der Waals surface area contributed by atoms with E-state index < -0.39 is 5.12 Å². The van der Waals surface area contributed by atoms with Gasteiger partial charge in [-0.05, 0) is 6.42 Å². The number of hydrogen-bond acceptors (Lipinski definition) is 3. The lowest BCUT2D eigenvalue weighted by Crippen LogP contribution is -2.26. The monoisotopic (exact) mass is 234 g/mol. The van der Waals surface area contributed by atoms with Crippen LogP contribution >= 0.6 is 12.6 Å². The van der Waals surface area contributed by atoms with Gasteiger partial charge in [0.15, 0.2) is 0 Å². The van der Waals surface area contributed by atoms with Crippen molar-refractivity contribution >= 4 is 12.6 Å². The lowest BCUT2D eigenvalue weighted by atomic mass is 10.1. The Balaban J connectivity index is 3.29. The van der Waals surface area contributed by atoms with Gasteiger partial charge in [-0.25, -0.2) is 0 Å². The van der Waals surface area contributed by atoms with Gasteiger partial charge in [0.05, 0.1) is 0 Å². The van der Waals surface area contributed by atoms with Crippen molar-refractivity contribution in [1.29, 1.82) is 0 Å². The minimum atomic E-state index is -0.677. The second-order valence-electron chi connectivity index (χ2n) is 3.99. The molecule has 0 aliphatic heterocycles. The SMILES string of the molecule is CCCCCCCCCC(S)(OC)OC. The van der Waals surface area contributed by atoms with E-state index in [1.807, 2.05) is 0 Å². The van der Waals surface area contributed by atoms with Crippen molar-refractivity contribution < 1.29 is 9.47 Å². The highest BCUT2D eigenvalue weighted by atomic mass is 32.1. The Morgan fingerprint density at radius 3 is 1.80 bits per heavy atom. The van der Waals surface area contributed by atoms with Gasteiger partial charge in [-0.2, -0.15) is 0 Å². The number of unbranched alkanes of at least 4 members (excludes halogenated alkanes) is 6. The maximum atomic E-state index is 5.17. The van der Waals surface area contributed by atoms with Crippen LogP contribution in [0.2, 0.25) is 0 Å². The fraction of sp³-hybridized carbons (Fsp3) is 1.00. The maximum Gasteiger partial charge on any atom is 0.214 e. The van der Waals surface area contributed by atoms with E-state index >= 15 is 0 Å². The van der Waals surface area contributed by atoms with Gasteiger partial charge in [-0.1, -0.05) is 45.4 Å². The molecule has 0 fully saturated rings. The Morgan fingerprint density at radius 2 is 1.33 bits per heavy atom. The average molecular weight is 234 g/mol. The molecule has 92 valence electrons. The molecular formula is C12H26O2S. The quantitative estimate of drug-likeness (QED) is 0.350. The molecule has 0 saturated heterocycles. The van der Waals surface area contributed by atoms with Crippen LogP contribution in [0, 0.1) is 0 Å². The summed E-state index contributed by atoms with van der Waals surface area (Å²) in [4.78, 5) is 0. The first-order valence-electron chi connectivity index (χ1n) is 6.01. The third kappa shape index (κ3) is 8.12. The summed E-state index contributed by atoms with van der Waals surface area (Å²) in [5.41, 5.74) is 0. The first-order valence-corrected chi connectivity index (χ1v) is 6.46. The smallest absolute Gasteiger partial charge is 0.214 e. The van der Waals surface area contributed by atoms with Gasteiger partial charge < -0.3 is 9.47 Å². The van der Waals surface area contributed by atoms with Crippen LogP contribution < -0.4 is 0 Å². The Labute approximate surface area is 100 Å². The van der Waals surface area contributed by atoms with Crippen LogP contribution in [-0.2, 0) is 9.47 Å². The fourth-order valence-electron chi connectivity index (χ4n) is 1.59. The second kappa shape index (κ2) is 9.49. The maximum absolute atomic E-state index is 5.17. The molecule has 0 aromatic carbocycles. The average Bonchev–Trinajstić information content (AvgIpc) is 2.27. The van der Waals surface area contributed by atoms with Gasteiger partial charge in [0.1, 0.15) is 0 Å². The topological polar surface area (TPSA) is 18.5 Å². The van der Waals surface area contributed by atoms with Gasteiger partial charge in [0, 0.05) is 20.6 Å². The molecule has 0 aromatic rings. The van der Waals surface area contributed by atoms with E-state index in [2.05, 4.69) is 19.6 Å². The number of hydrogen-bond donors (Lipinski definition) is 1. The van der Waals surface area contributed by atoms with Crippen LogP contribution in [0.15, 0.2) is 0 Å². The first-order chi connectivity index (χ1) is 7.18. The van der Waals surface area contributed by atoms with Crippen LogP contribution in [-0.4, -0.2) is 19.3 Å². The summed E-state index contributed by atoms with van der Waals surface area (Å²) in [5.74, 6) is 0. The summed E-state index contributed by atoms with van der Waals surface area (Å²) < 4.78 is 10.3. The summed E-state index contributed by atoms with van der Waals surface area (Å²) in [6.45, 7) is 2.24. The van der Waals surface area contributed by atoms with Crippen molar-refractivity contribution in [3.8, 4) is 0 Å². The zero-order valence-electron chi connectivity index (χ0n) is 10.4. The summed E-state index contributed by atoms with van der Waals surface area (Å²) in [6.07, 6.45) is 9.95. The molecular weight excluding hydrogens is 208 g/mol. The molecule has 0 radical (unpaired) electrons. The summed E-state index contributed by atoms with van der Waals surface area (Å²) in [7, 11) is 3.27. The predicted molar refractivity (Wildman–Crippen MR) is 68.3 cm³/mol. The minimum absolute atomic E-state index is 0.677. The highest BCUT2D eigenvalue weighted by Crippen LogP contribution is 2.24. The van der Waals surface area contributed by atoms with Gasteiger partial charge >= 0.3 is 0 Å². The van der Waals surface area contributed by atoms with E-state index in [9.17, 15) is 0 Å². The zero-order chi connectivity index (χ0) is 11.6. The van der Waals surface area contributed by atoms with Crippen LogP contribution in [0.4, 0.5) is 0 Å². The molecule has 0 atom stereocenters. The normalized spacial score (nSPS) is 12.0. The summed E-state index contributed by atoms with van der Waals surface area (Å²) in [6, 6.07) is 0. The van der Waals surface area contributed by atoms with Gasteiger partial charge in [0.25, 0.3) is 0 Å². The lowest BCUT2D eigenvalue weighted by molar-refractivity contribution is -0.137. The first kappa shape index (κ1) is 15.3. The number of rotatable bonds is 10. The predicted octanol–water partition coefficient (Wildman–Crippen LogP) is 4.00. The Kier molecular flexibility index (Phi) is 9.66. The van der Waals surface area contributed by atoms with E-state index in [-0.39, 0.29) is 0 Å². The molecule has 2 nitrogen and oxygen atoms in total. The lowest BCUT2D eigenvalue weighted by Gasteiger charge is -2.24. The van der Waals surface area contributed by atoms with Crippen LogP contribution in [0.3, 0.4) is 0 Å².